The molecule has 2 aromatic rings. The Balaban J connectivity index is 2.40. The SMILES string of the molecule is Cc1ccc(Cl)cc1Oc1cc(C(=O)O)ccc1C. The van der Waals surface area contributed by atoms with E-state index in [-0.39, 0.29) is 5.56 Å². The molecule has 0 bridgehead atoms. The fourth-order valence-electron chi connectivity index (χ4n) is 1.65. The summed E-state index contributed by atoms with van der Waals surface area (Å²) in [4.78, 5) is 11.0. The molecular weight excluding hydrogens is 264 g/mol. The number of carbonyl (C=O) groups is 1. The lowest BCUT2D eigenvalue weighted by Gasteiger charge is -2.12. The second kappa shape index (κ2) is 5.33. The Morgan fingerprint density at radius 3 is 2.26 bits per heavy atom. The summed E-state index contributed by atoms with van der Waals surface area (Å²) in [5, 5.41) is 9.56. The van der Waals surface area contributed by atoms with Gasteiger partial charge in [0, 0.05) is 5.02 Å². The van der Waals surface area contributed by atoms with E-state index >= 15 is 0 Å². The van der Waals surface area contributed by atoms with Crippen molar-refractivity contribution < 1.29 is 14.6 Å². The molecule has 19 heavy (non-hydrogen) atoms. The van der Waals surface area contributed by atoms with Crippen LogP contribution in [0, 0.1) is 13.8 Å². The Morgan fingerprint density at radius 2 is 1.63 bits per heavy atom. The van der Waals surface area contributed by atoms with Gasteiger partial charge in [0.1, 0.15) is 11.5 Å². The molecule has 0 atom stereocenters. The summed E-state index contributed by atoms with van der Waals surface area (Å²) in [6, 6.07) is 10.1. The van der Waals surface area contributed by atoms with Gasteiger partial charge in [-0.2, -0.15) is 0 Å². The van der Waals surface area contributed by atoms with Crippen molar-refractivity contribution in [3.8, 4) is 11.5 Å². The van der Waals surface area contributed by atoms with Crippen molar-refractivity contribution in [1.29, 1.82) is 0 Å². The van der Waals surface area contributed by atoms with E-state index < -0.39 is 5.97 Å². The van der Waals surface area contributed by atoms with Crippen LogP contribution in [0.3, 0.4) is 0 Å². The lowest BCUT2D eigenvalue weighted by molar-refractivity contribution is 0.0696. The van der Waals surface area contributed by atoms with E-state index in [2.05, 4.69) is 0 Å². The van der Waals surface area contributed by atoms with Crippen LogP contribution in [-0.2, 0) is 0 Å². The highest BCUT2D eigenvalue weighted by Gasteiger charge is 2.09. The van der Waals surface area contributed by atoms with E-state index in [4.69, 9.17) is 21.4 Å². The van der Waals surface area contributed by atoms with Crippen LogP contribution in [0.25, 0.3) is 0 Å². The molecule has 2 rings (SSSR count). The summed E-state index contributed by atoms with van der Waals surface area (Å²) in [5.74, 6) is 0.163. The average Bonchev–Trinajstić information content (AvgIpc) is 2.36. The molecule has 0 fully saturated rings. The van der Waals surface area contributed by atoms with Gasteiger partial charge in [0.05, 0.1) is 5.56 Å². The summed E-state index contributed by atoms with van der Waals surface area (Å²) >= 11 is 5.93. The minimum Gasteiger partial charge on any atom is -0.478 e. The molecular formula is C15H13ClO3. The Bertz CT molecular complexity index is 635. The third kappa shape index (κ3) is 3.06. The number of ether oxygens (including phenoxy) is 1. The van der Waals surface area contributed by atoms with Crippen molar-refractivity contribution in [2.75, 3.05) is 0 Å². The van der Waals surface area contributed by atoms with E-state index in [0.717, 1.165) is 11.1 Å². The maximum absolute atomic E-state index is 11.0. The molecule has 2 aromatic carbocycles. The van der Waals surface area contributed by atoms with Gasteiger partial charge in [0.15, 0.2) is 0 Å². The van der Waals surface area contributed by atoms with Crippen LogP contribution >= 0.6 is 11.6 Å². The second-order valence-electron chi connectivity index (χ2n) is 4.30. The van der Waals surface area contributed by atoms with Crippen molar-refractivity contribution >= 4 is 17.6 Å². The Kier molecular flexibility index (Phi) is 3.76. The van der Waals surface area contributed by atoms with Crippen LogP contribution in [0.4, 0.5) is 0 Å². The zero-order chi connectivity index (χ0) is 14.0. The fraction of sp³-hybridized carbons (Fsp3) is 0.133. The van der Waals surface area contributed by atoms with Gasteiger partial charge in [0.25, 0.3) is 0 Å². The molecule has 0 saturated heterocycles. The molecule has 0 saturated carbocycles. The van der Waals surface area contributed by atoms with Crippen LogP contribution < -0.4 is 4.74 Å². The second-order valence-corrected chi connectivity index (χ2v) is 4.73. The van der Waals surface area contributed by atoms with Crippen LogP contribution in [0.15, 0.2) is 36.4 Å². The lowest BCUT2D eigenvalue weighted by atomic mass is 10.1. The molecule has 0 aliphatic carbocycles. The fourth-order valence-corrected chi connectivity index (χ4v) is 1.81. The van der Waals surface area contributed by atoms with Crippen LogP contribution in [0.2, 0.25) is 5.02 Å². The number of carboxylic acids is 1. The van der Waals surface area contributed by atoms with Crippen molar-refractivity contribution in [3.63, 3.8) is 0 Å². The number of hydrogen-bond acceptors (Lipinski definition) is 2. The van der Waals surface area contributed by atoms with E-state index in [9.17, 15) is 4.79 Å². The summed E-state index contributed by atoms with van der Waals surface area (Å²) in [5.41, 5.74) is 1.99. The predicted octanol–water partition coefficient (Wildman–Crippen LogP) is 4.45. The summed E-state index contributed by atoms with van der Waals surface area (Å²) in [7, 11) is 0. The summed E-state index contributed by atoms with van der Waals surface area (Å²) < 4.78 is 5.76. The minimum absolute atomic E-state index is 0.195. The number of aryl methyl sites for hydroxylation is 2. The molecule has 0 aliphatic heterocycles. The maximum atomic E-state index is 11.0. The third-order valence-corrected chi connectivity index (χ3v) is 3.04. The molecule has 0 aliphatic rings. The number of carboxylic acid groups (broad SMARTS) is 1. The van der Waals surface area contributed by atoms with Gasteiger partial charge >= 0.3 is 5.97 Å². The first-order valence-electron chi connectivity index (χ1n) is 5.75. The predicted molar refractivity (Wildman–Crippen MR) is 74.4 cm³/mol. The number of hydrogen-bond donors (Lipinski definition) is 1. The van der Waals surface area contributed by atoms with E-state index in [1.54, 1.807) is 24.3 Å². The quantitative estimate of drug-likeness (QED) is 0.901. The van der Waals surface area contributed by atoms with Crippen LogP contribution in [-0.4, -0.2) is 11.1 Å². The molecule has 0 unspecified atom stereocenters. The third-order valence-electron chi connectivity index (χ3n) is 2.81. The lowest BCUT2D eigenvalue weighted by Crippen LogP contribution is -1.98. The molecule has 1 N–H and O–H groups in total. The summed E-state index contributed by atoms with van der Waals surface area (Å²) in [6.45, 7) is 3.77. The Hall–Kier alpha value is -2.00. The topological polar surface area (TPSA) is 46.5 Å². The molecule has 0 spiro atoms. The molecule has 4 heteroatoms. The molecule has 98 valence electrons. The maximum Gasteiger partial charge on any atom is 0.335 e. The highest BCUT2D eigenvalue weighted by molar-refractivity contribution is 6.30. The number of benzene rings is 2. The van der Waals surface area contributed by atoms with Crippen LogP contribution in [0.1, 0.15) is 21.5 Å². The monoisotopic (exact) mass is 276 g/mol. The first-order chi connectivity index (χ1) is 8.97. The van der Waals surface area contributed by atoms with Gasteiger partial charge in [0.2, 0.25) is 0 Å². The van der Waals surface area contributed by atoms with Gasteiger partial charge in [-0.15, -0.1) is 0 Å². The minimum atomic E-state index is -0.979. The summed E-state index contributed by atoms with van der Waals surface area (Å²) in [6.07, 6.45) is 0. The van der Waals surface area contributed by atoms with Crippen molar-refractivity contribution in [2.24, 2.45) is 0 Å². The largest absolute Gasteiger partial charge is 0.478 e. The van der Waals surface area contributed by atoms with Gasteiger partial charge in [-0.25, -0.2) is 4.79 Å². The van der Waals surface area contributed by atoms with Crippen molar-refractivity contribution in [2.45, 2.75) is 13.8 Å². The molecule has 0 aromatic heterocycles. The van der Waals surface area contributed by atoms with Crippen LogP contribution in [0.5, 0.6) is 11.5 Å². The first kappa shape index (κ1) is 13.4. The number of rotatable bonds is 3. The molecule has 0 heterocycles. The zero-order valence-electron chi connectivity index (χ0n) is 10.6. The van der Waals surface area contributed by atoms with Gasteiger partial charge < -0.3 is 9.84 Å². The molecule has 0 radical (unpaired) electrons. The van der Waals surface area contributed by atoms with E-state index in [1.165, 1.54) is 6.07 Å². The van der Waals surface area contributed by atoms with Crippen molar-refractivity contribution in [1.82, 2.24) is 0 Å². The number of aromatic carboxylic acids is 1. The van der Waals surface area contributed by atoms with Gasteiger partial charge in [-0.1, -0.05) is 23.7 Å². The average molecular weight is 277 g/mol. The highest BCUT2D eigenvalue weighted by atomic mass is 35.5. The first-order valence-corrected chi connectivity index (χ1v) is 6.13. The molecule has 0 amide bonds. The number of halogens is 1. The molecule has 3 nitrogen and oxygen atoms in total. The van der Waals surface area contributed by atoms with Gasteiger partial charge in [-0.05, 0) is 49.2 Å². The Labute approximate surface area is 116 Å². The van der Waals surface area contributed by atoms with E-state index in [1.807, 2.05) is 19.9 Å². The highest BCUT2D eigenvalue weighted by Crippen LogP contribution is 2.30. The Morgan fingerprint density at radius 1 is 1.05 bits per heavy atom. The normalized spacial score (nSPS) is 10.3. The zero-order valence-corrected chi connectivity index (χ0v) is 11.4. The standard InChI is InChI=1S/C15H13ClO3/c1-9-3-5-11(15(17)18)7-13(9)19-14-8-12(16)6-4-10(14)2/h3-8H,1-2H3,(H,17,18). The van der Waals surface area contributed by atoms with E-state index in [0.29, 0.717) is 16.5 Å². The smallest absolute Gasteiger partial charge is 0.335 e. The van der Waals surface area contributed by atoms with Crippen molar-refractivity contribution in [3.05, 3.63) is 58.1 Å². The van der Waals surface area contributed by atoms with Gasteiger partial charge in [-0.3, -0.25) is 0 Å².